The summed E-state index contributed by atoms with van der Waals surface area (Å²) in [7, 11) is 0. The van der Waals surface area contributed by atoms with Crippen LogP contribution in [-0.2, 0) is 16.1 Å². The van der Waals surface area contributed by atoms with Crippen LogP contribution in [0.1, 0.15) is 23.3 Å². The first-order valence-corrected chi connectivity index (χ1v) is 8.93. The summed E-state index contributed by atoms with van der Waals surface area (Å²) in [4.78, 5) is 26.8. The molecule has 1 aromatic heterocycles. The molecule has 1 aromatic carbocycles. The van der Waals surface area contributed by atoms with Gasteiger partial charge >= 0.3 is 0 Å². The monoisotopic (exact) mass is 343 g/mol. The van der Waals surface area contributed by atoms with E-state index in [2.05, 4.69) is 15.5 Å². The summed E-state index contributed by atoms with van der Waals surface area (Å²) in [5.41, 5.74) is 2.08. The SMILES string of the molecule is C[C@@H](C(=O)NCc1ccc(N2CCNC(=O)C2)cc1)c1cccs1. The second-order valence-corrected chi connectivity index (χ2v) is 6.87. The average Bonchev–Trinajstić information content (AvgIpc) is 3.14. The van der Waals surface area contributed by atoms with Gasteiger partial charge in [0.2, 0.25) is 11.8 Å². The van der Waals surface area contributed by atoms with Crippen molar-refractivity contribution in [3.05, 3.63) is 52.2 Å². The van der Waals surface area contributed by atoms with E-state index in [1.807, 2.05) is 48.7 Å². The summed E-state index contributed by atoms with van der Waals surface area (Å²) in [6.45, 7) is 4.33. The number of anilines is 1. The summed E-state index contributed by atoms with van der Waals surface area (Å²) in [6.07, 6.45) is 0. The molecule has 1 saturated heterocycles. The highest BCUT2D eigenvalue weighted by atomic mass is 32.1. The Hall–Kier alpha value is -2.34. The number of hydrogen-bond donors (Lipinski definition) is 2. The summed E-state index contributed by atoms with van der Waals surface area (Å²) >= 11 is 1.60. The predicted octanol–water partition coefficient (Wildman–Crippen LogP) is 2.10. The van der Waals surface area contributed by atoms with Gasteiger partial charge in [-0.25, -0.2) is 0 Å². The van der Waals surface area contributed by atoms with Crippen LogP contribution in [0, 0.1) is 0 Å². The highest BCUT2D eigenvalue weighted by Crippen LogP contribution is 2.21. The van der Waals surface area contributed by atoms with Crippen molar-refractivity contribution in [1.29, 1.82) is 0 Å². The normalized spacial score (nSPS) is 15.7. The predicted molar refractivity (Wildman–Crippen MR) is 96.2 cm³/mol. The first-order valence-electron chi connectivity index (χ1n) is 8.05. The van der Waals surface area contributed by atoms with Crippen molar-refractivity contribution >= 4 is 28.8 Å². The number of carbonyl (C=O) groups is 2. The molecule has 1 aliphatic heterocycles. The number of hydrogen-bond acceptors (Lipinski definition) is 4. The van der Waals surface area contributed by atoms with Gasteiger partial charge in [0.25, 0.3) is 0 Å². The summed E-state index contributed by atoms with van der Waals surface area (Å²) in [5, 5.41) is 7.79. The molecular formula is C18H21N3O2S. The Labute approximate surface area is 145 Å². The third-order valence-electron chi connectivity index (χ3n) is 4.17. The number of piperazine rings is 1. The standard InChI is InChI=1S/C18H21N3O2S/c1-13(16-3-2-10-24-16)18(23)20-11-14-4-6-15(7-5-14)21-9-8-19-17(22)12-21/h2-7,10,13H,8-9,11-12H2,1H3,(H,19,22)(H,20,23)/t13-/m1/s1. The van der Waals surface area contributed by atoms with E-state index in [4.69, 9.17) is 0 Å². The van der Waals surface area contributed by atoms with Crippen LogP contribution >= 0.6 is 11.3 Å². The Morgan fingerprint density at radius 1 is 1.33 bits per heavy atom. The summed E-state index contributed by atoms with van der Waals surface area (Å²) < 4.78 is 0. The van der Waals surface area contributed by atoms with Crippen molar-refractivity contribution in [3.8, 4) is 0 Å². The van der Waals surface area contributed by atoms with Gasteiger partial charge in [0.1, 0.15) is 0 Å². The topological polar surface area (TPSA) is 61.4 Å². The van der Waals surface area contributed by atoms with Gasteiger partial charge in [0.05, 0.1) is 12.5 Å². The lowest BCUT2D eigenvalue weighted by atomic mass is 10.1. The zero-order valence-electron chi connectivity index (χ0n) is 13.6. The number of benzene rings is 1. The lowest BCUT2D eigenvalue weighted by molar-refractivity contribution is -0.122. The number of nitrogens with one attached hydrogen (secondary N) is 2. The average molecular weight is 343 g/mol. The molecule has 24 heavy (non-hydrogen) atoms. The third kappa shape index (κ3) is 3.94. The first-order chi connectivity index (χ1) is 11.6. The molecule has 0 unspecified atom stereocenters. The Balaban J connectivity index is 1.54. The molecule has 0 saturated carbocycles. The van der Waals surface area contributed by atoms with Crippen LogP contribution in [0.3, 0.4) is 0 Å². The molecule has 0 aliphatic carbocycles. The fourth-order valence-corrected chi connectivity index (χ4v) is 3.48. The van der Waals surface area contributed by atoms with Crippen LogP contribution in [0.15, 0.2) is 41.8 Å². The maximum atomic E-state index is 12.2. The van der Waals surface area contributed by atoms with Crippen LogP contribution < -0.4 is 15.5 Å². The van der Waals surface area contributed by atoms with Crippen LogP contribution in [0.5, 0.6) is 0 Å². The number of carbonyl (C=O) groups excluding carboxylic acids is 2. The number of thiophene rings is 1. The molecule has 5 nitrogen and oxygen atoms in total. The molecule has 2 amide bonds. The Kier molecular flexibility index (Phi) is 5.15. The largest absolute Gasteiger partial charge is 0.360 e. The minimum Gasteiger partial charge on any atom is -0.360 e. The Morgan fingerprint density at radius 3 is 2.79 bits per heavy atom. The zero-order valence-corrected chi connectivity index (χ0v) is 14.4. The van der Waals surface area contributed by atoms with E-state index in [0.717, 1.165) is 22.7 Å². The number of rotatable bonds is 5. The van der Waals surface area contributed by atoms with Crippen LogP contribution in [-0.4, -0.2) is 31.4 Å². The minimum atomic E-state index is -0.129. The van der Waals surface area contributed by atoms with E-state index in [-0.39, 0.29) is 17.7 Å². The molecule has 2 aromatic rings. The fraction of sp³-hybridized carbons (Fsp3) is 0.333. The molecule has 1 aliphatic rings. The van der Waals surface area contributed by atoms with Crippen molar-refractivity contribution in [2.75, 3.05) is 24.5 Å². The molecule has 1 fully saturated rings. The van der Waals surface area contributed by atoms with E-state index in [9.17, 15) is 9.59 Å². The molecular weight excluding hydrogens is 322 g/mol. The second kappa shape index (κ2) is 7.49. The van der Waals surface area contributed by atoms with Crippen molar-refractivity contribution in [3.63, 3.8) is 0 Å². The van der Waals surface area contributed by atoms with E-state index in [1.165, 1.54) is 0 Å². The van der Waals surface area contributed by atoms with Gasteiger partial charge in [-0.1, -0.05) is 18.2 Å². The lowest BCUT2D eigenvalue weighted by Gasteiger charge is -2.28. The summed E-state index contributed by atoms with van der Waals surface area (Å²) in [6, 6.07) is 11.9. The van der Waals surface area contributed by atoms with E-state index >= 15 is 0 Å². The highest BCUT2D eigenvalue weighted by Gasteiger charge is 2.17. The van der Waals surface area contributed by atoms with Gasteiger partial charge in [-0.2, -0.15) is 0 Å². The van der Waals surface area contributed by atoms with Gasteiger partial charge < -0.3 is 15.5 Å². The van der Waals surface area contributed by atoms with Gasteiger partial charge in [-0.3, -0.25) is 9.59 Å². The quantitative estimate of drug-likeness (QED) is 0.874. The molecule has 126 valence electrons. The Morgan fingerprint density at radius 2 is 2.12 bits per heavy atom. The Bertz CT molecular complexity index is 698. The van der Waals surface area contributed by atoms with Gasteiger partial charge in [0.15, 0.2) is 0 Å². The number of amides is 2. The molecule has 1 atom stereocenters. The van der Waals surface area contributed by atoms with Gasteiger partial charge in [-0.05, 0) is 36.1 Å². The number of nitrogens with zero attached hydrogens (tertiary/aromatic N) is 1. The van der Waals surface area contributed by atoms with Gasteiger partial charge in [0, 0.05) is 30.2 Å². The van der Waals surface area contributed by atoms with Crippen molar-refractivity contribution in [2.45, 2.75) is 19.4 Å². The maximum absolute atomic E-state index is 12.2. The smallest absolute Gasteiger partial charge is 0.239 e. The van der Waals surface area contributed by atoms with Crippen molar-refractivity contribution < 1.29 is 9.59 Å². The van der Waals surface area contributed by atoms with E-state index in [0.29, 0.717) is 19.6 Å². The third-order valence-corrected chi connectivity index (χ3v) is 5.22. The zero-order chi connectivity index (χ0) is 16.9. The molecule has 3 rings (SSSR count). The molecule has 2 heterocycles. The lowest BCUT2D eigenvalue weighted by Crippen LogP contribution is -2.47. The van der Waals surface area contributed by atoms with Gasteiger partial charge in [-0.15, -0.1) is 11.3 Å². The molecule has 0 bridgehead atoms. The van der Waals surface area contributed by atoms with Crippen molar-refractivity contribution in [1.82, 2.24) is 10.6 Å². The molecule has 0 radical (unpaired) electrons. The van der Waals surface area contributed by atoms with E-state index < -0.39 is 0 Å². The minimum absolute atomic E-state index is 0.0363. The van der Waals surface area contributed by atoms with E-state index in [1.54, 1.807) is 11.3 Å². The maximum Gasteiger partial charge on any atom is 0.239 e. The molecule has 2 N–H and O–H groups in total. The van der Waals surface area contributed by atoms with Crippen LogP contribution in [0.25, 0.3) is 0 Å². The highest BCUT2D eigenvalue weighted by molar-refractivity contribution is 7.10. The van der Waals surface area contributed by atoms with Crippen LogP contribution in [0.2, 0.25) is 0 Å². The van der Waals surface area contributed by atoms with Crippen molar-refractivity contribution in [2.24, 2.45) is 0 Å². The second-order valence-electron chi connectivity index (χ2n) is 5.89. The fourth-order valence-electron chi connectivity index (χ4n) is 2.69. The first kappa shape index (κ1) is 16.5. The molecule has 0 spiro atoms. The molecule has 6 heteroatoms. The van der Waals surface area contributed by atoms with Crippen LogP contribution in [0.4, 0.5) is 5.69 Å². The summed E-state index contributed by atoms with van der Waals surface area (Å²) in [5.74, 6) is -0.0366.